The molecule has 1 fully saturated rings. The summed E-state index contributed by atoms with van der Waals surface area (Å²) in [6, 6.07) is 10.1. The summed E-state index contributed by atoms with van der Waals surface area (Å²) in [6.07, 6.45) is 2.79. The Kier molecular flexibility index (Phi) is 6.25. The summed E-state index contributed by atoms with van der Waals surface area (Å²) in [6.45, 7) is 13.6. The van der Waals surface area contributed by atoms with Gasteiger partial charge in [0.1, 0.15) is 0 Å². The van der Waals surface area contributed by atoms with Crippen LogP contribution in [0.2, 0.25) is 0 Å². The molecule has 0 bridgehead atoms. The molecule has 0 spiro atoms. The molecule has 0 saturated heterocycles. The van der Waals surface area contributed by atoms with Gasteiger partial charge in [-0.3, -0.25) is 4.90 Å². The maximum Gasteiger partial charge on any atom is 0.0236 e. The van der Waals surface area contributed by atoms with Crippen molar-refractivity contribution >= 4 is 0 Å². The van der Waals surface area contributed by atoms with Gasteiger partial charge in [-0.15, -0.1) is 0 Å². The highest BCUT2D eigenvalue weighted by Crippen LogP contribution is 2.28. The van der Waals surface area contributed by atoms with Crippen LogP contribution < -0.4 is 5.32 Å². The molecule has 118 valence electrons. The van der Waals surface area contributed by atoms with Gasteiger partial charge in [0.25, 0.3) is 0 Å². The summed E-state index contributed by atoms with van der Waals surface area (Å²) in [5.41, 5.74) is 2.90. The van der Waals surface area contributed by atoms with Crippen LogP contribution in [0.1, 0.15) is 57.6 Å². The Morgan fingerprint density at radius 2 is 1.76 bits per heavy atom. The van der Waals surface area contributed by atoms with Crippen molar-refractivity contribution in [2.75, 3.05) is 19.6 Å². The van der Waals surface area contributed by atoms with E-state index >= 15 is 0 Å². The normalized spacial score (nSPS) is 16.7. The lowest BCUT2D eigenvalue weighted by Crippen LogP contribution is -2.25. The van der Waals surface area contributed by atoms with Gasteiger partial charge in [-0.25, -0.2) is 0 Å². The monoisotopic (exact) mass is 288 g/mol. The molecule has 1 aromatic rings. The highest BCUT2D eigenvalue weighted by atomic mass is 15.2. The van der Waals surface area contributed by atoms with Crippen molar-refractivity contribution in [3.05, 3.63) is 35.4 Å². The van der Waals surface area contributed by atoms with E-state index in [0.29, 0.717) is 5.92 Å². The third-order valence-corrected chi connectivity index (χ3v) is 4.41. The van der Waals surface area contributed by atoms with E-state index in [1.165, 1.54) is 30.5 Å². The van der Waals surface area contributed by atoms with Crippen molar-refractivity contribution < 1.29 is 0 Å². The maximum atomic E-state index is 3.55. The second-order valence-electron chi connectivity index (χ2n) is 6.99. The van der Waals surface area contributed by atoms with E-state index in [9.17, 15) is 0 Å². The van der Waals surface area contributed by atoms with Gasteiger partial charge in [-0.05, 0) is 48.9 Å². The molecule has 0 aliphatic heterocycles. The average molecular weight is 288 g/mol. The summed E-state index contributed by atoms with van der Waals surface area (Å²) in [4.78, 5) is 2.60. The van der Waals surface area contributed by atoms with Crippen LogP contribution in [-0.2, 0) is 6.54 Å². The first-order chi connectivity index (χ1) is 10.1. The highest BCUT2D eigenvalue weighted by Gasteiger charge is 2.27. The molecule has 21 heavy (non-hydrogen) atoms. The SMILES string of the molecule is CCN(Cc1ccc(C(C)CNCC(C)C)cc1)C1CC1. The van der Waals surface area contributed by atoms with E-state index in [1.807, 2.05) is 0 Å². The molecule has 0 heterocycles. The lowest BCUT2D eigenvalue weighted by molar-refractivity contribution is 0.269. The largest absolute Gasteiger partial charge is 0.316 e. The molecule has 1 aromatic carbocycles. The van der Waals surface area contributed by atoms with Crippen molar-refractivity contribution in [3.8, 4) is 0 Å². The molecule has 2 rings (SSSR count). The van der Waals surface area contributed by atoms with Gasteiger partial charge in [-0.2, -0.15) is 0 Å². The van der Waals surface area contributed by atoms with Crippen LogP contribution in [0.15, 0.2) is 24.3 Å². The Labute approximate surface area is 130 Å². The summed E-state index contributed by atoms with van der Waals surface area (Å²) in [7, 11) is 0. The fourth-order valence-electron chi connectivity index (χ4n) is 2.83. The summed E-state index contributed by atoms with van der Waals surface area (Å²) < 4.78 is 0. The Morgan fingerprint density at radius 1 is 1.10 bits per heavy atom. The molecular weight excluding hydrogens is 256 g/mol. The predicted molar refractivity (Wildman–Crippen MR) is 91.7 cm³/mol. The zero-order valence-corrected chi connectivity index (χ0v) is 14.2. The van der Waals surface area contributed by atoms with Crippen molar-refractivity contribution in [1.29, 1.82) is 0 Å². The minimum atomic E-state index is 0.587. The van der Waals surface area contributed by atoms with Gasteiger partial charge < -0.3 is 5.32 Å². The summed E-state index contributed by atoms with van der Waals surface area (Å²) >= 11 is 0. The third kappa shape index (κ3) is 5.44. The molecule has 1 atom stereocenters. The van der Waals surface area contributed by atoms with Crippen LogP contribution in [0.5, 0.6) is 0 Å². The smallest absolute Gasteiger partial charge is 0.0236 e. The first kappa shape index (κ1) is 16.5. The fourth-order valence-corrected chi connectivity index (χ4v) is 2.83. The standard InChI is InChI=1S/C19H32N2/c1-5-21(19-10-11-19)14-17-6-8-18(9-7-17)16(4)13-20-12-15(2)3/h6-9,15-16,19-20H,5,10-14H2,1-4H3. The maximum absolute atomic E-state index is 3.55. The molecule has 0 radical (unpaired) electrons. The predicted octanol–water partition coefficient (Wildman–Crippen LogP) is 4.02. The zero-order valence-electron chi connectivity index (χ0n) is 14.2. The molecule has 0 aromatic heterocycles. The van der Waals surface area contributed by atoms with Gasteiger partial charge in [0, 0.05) is 19.1 Å². The average Bonchev–Trinajstić information content (AvgIpc) is 3.29. The molecule has 1 aliphatic carbocycles. The van der Waals surface area contributed by atoms with Gasteiger partial charge in [0.15, 0.2) is 0 Å². The van der Waals surface area contributed by atoms with E-state index in [1.54, 1.807) is 0 Å². The Balaban J connectivity index is 1.82. The van der Waals surface area contributed by atoms with Crippen LogP contribution in [0.3, 0.4) is 0 Å². The first-order valence-electron chi connectivity index (χ1n) is 8.63. The van der Waals surface area contributed by atoms with Crippen molar-refractivity contribution in [2.24, 2.45) is 5.92 Å². The van der Waals surface area contributed by atoms with Crippen LogP contribution in [0.4, 0.5) is 0 Å². The van der Waals surface area contributed by atoms with E-state index < -0.39 is 0 Å². The van der Waals surface area contributed by atoms with Crippen LogP contribution in [-0.4, -0.2) is 30.6 Å². The molecular formula is C19H32N2. The molecule has 0 amide bonds. The fraction of sp³-hybridized carbons (Fsp3) is 0.684. The number of nitrogens with one attached hydrogen (secondary N) is 1. The van der Waals surface area contributed by atoms with Crippen LogP contribution in [0.25, 0.3) is 0 Å². The zero-order chi connectivity index (χ0) is 15.2. The Bertz CT molecular complexity index is 406. The minimum absolute atomic E-state index is 0.587. The Hall–Kier alpha value is -0.860. The molecule has 2 nitrogen and oxygen atoms in total. The lowest BCUT2D eigenvalue weighted by atomic mass is 9.99. The second kappa shape index (κ2) is 7.95. The molecule has 1 N–H and O–H groups in total. The van der Waals surface area contributed by atoms with Crippen molar-refractivity contribution in [3.63, 3.8) is 0 Å². The van der Waals surface area contributed by atoms with Gasteiger partial charge in [0.2, 0.25) is 0 Å². The Morgan fingerprint density at radius 3 is 2.29 bits per heavy atom. The van der Waals surface area contributed by atoms with E-state index in [4.69, 9.17) is 0 Å². The van der Waals surface area contributed by atoms with Gasteiger partial charge in [0.05, 0.1) is 0 Å². The van der Waals surface area contributed by atoms with Gasteiger partial charge in [-0.1, -0.05) is 52.0 Å². The highest BCUT2D eigenvalue weighted by molar-refractivity contribution is 5.25. The molecule has 1 unspecified atom stereocenters. The lowest BCUT2D eigenvalue weighted by Gasteiger charge is -2.20. The van der Waals surface area contributed by atoms with Crippen LogP contribution >= 0.6 is 0 Å². The van der Waals surface area contributed by atoms with Crippen molar-refractivity contribution in [2.45, 2.75) is 59.0 Å². The minimum Gasteiger partial charge on any atom is -0.316 e. The van der Waals surface area contributed by atoms with E-state index in [0.717, 1.165) is 31.6 Å². The number of nitrogens with zero attached hydrogens (tertiary/aromatic N) is 1. The molecule has 2 heteroatoms. The number of rotatable bonds is 9. The quantitative estimate of drug-likeness (QED) is 0.738. The van der Waals surface area contributed by atoms with E-state index in [-0.39, 0.29) is 0 Å². The topological polar surface area (TPSA) is 15.3 Å². The number of hydrogen-bond acceptors (Lipinski definition) is 2. The molecule has 1 saturated carbocycles. The van der Waals surface area contributed by atoms with E-state index in [2.05, 4.69) is 62.2 Å². The van der Waals surface area contributed by atoms with Gasteiger partial charge >= 0.3 is 0 Å². The molecule has 1 aliphatic rings. The number of benzene rings is 1. The third-order valence-electron chi connectivity index (χ3n) is 4.41. The van der Waals surface area contributed by atoms with Crippen LogP contribution in [0, 0.1) is 5.92 Å². The first-order valence-corrected chi connectivity index (χ1v) is 8.63. The summed E-state index contributed by atoms with van der Waals surface area (Å²) in [5.74, 6) is 1.31. The van der Waals surface area contributed by atoms with Crippen molar-refractivity contribution in [1.82, 2.24) is 10.2 Å². The summed E-state index contributed by atoms with van der Waals surface area (Å²) in [5, 5.41) is 3.55. The number of hydrogen-bond donors (Lipinski definition) is 1. The second-order valence-corrected chi connectivity index (χ2v) is 6.99.